The third-order valence-corrected chi connectivity index (χ3v) is 5.41. The molecule has 0 unspecified atom stereocenters. The lowest BCUT2D eigenvalue weighted by atomic mass is 10.2. The molecule has 1 aromatic rings. The molecule has 1 aliphatic rings. The molecular weight excluding hydrogens is 304 g/mol. The molecule has 0 radical (unpaired) electrons. The maximum Gasteiger partial charge on any atom is 0.321 e. The summed E-state index contributed by atoms with van der Waals surface area (Å²) in [5.41, 5.74) is 1.02. The lowest BCUT2D eigenvalue weighted by Gasteiger charge is -2.33. The standard InChI is InChI=1S/C14H18N4O3S/c1-2-22(20,21)18-8-6-17(7-9-18)14(19)16-13-5-3-4-12(10-13)11-15/h3-5,10H,2,6-9H2,1H3,(H,16,19). The fourth-order valence-corrected chi connectivity index (χ4v) is 3.31. The number of carbonyl (C=O) groups is 1. The van der Waals surface area contributed by atoms with Gasteiger partial charge in [-0.15, -0.1) is 0 Å². The van der Waals surface area contributed by atoms with Gasteiger partial charge in [0.15, 0.2) is 0 Å². The molecule has 0 aliphatic carbocycles. The van der Waals surface area contributed by atoms with E-state index >= 15 is 0 Å². The smallest absolute Gasteiger partial charge is 0.321 e. The van der Waals surface area contributed by atoms with Gasteiger partial charge >= 0.3 is 6.03 Å². The van der Waals surface area contributed by atoms with E-state index in [1.807, 2.05) is 6.07 Å². The Morgan fingerprint density at radius 3 is 2.59 bits per heavy atom. The second-order valence-electron chi connectivity index (χ2n) is 4.91. The van der Waals surface area contributed by atoms with Crippen LogP contribution in [0, 0.1) is 11.3 Å². The molecule has 1 N–H and O–H groups in total. The number of anilines is 1. The Balaban J connectivity index is 1.94. The molecule has 1 fully saturated rings. The number of piperazine rings is 1. The van der Waals surface area contributed by atoms with Crippen LogP contribution in [0.2, 0.25) is 0 Å². The minimum absolute atomic E-state index is 0.0696. The molecule has 0 spiro atoms. The lowest BCUT2D eigenvalue weighted by molar-refractivity contribution is 0.184. The zero-order valence-electron chi connectivity index (χ0n) is 12.3. The summed E-state index contributed by atoms with van der Waals surface area (Å²) in [4.78, 5) is 13.7. The van der Waals surface area contributed by atoms with Gasteiger partial charge in [0.25, 0.3) is 0 Å². The van der Waals surface area contributed by atoms with E-state index in [1.165, 1.54) is 4.31 Å². The SMILES string of the molecule is CCS(=O)(=O)N1CCN(C(=O)Nc2cccc(C#N)c2)CC1. The van der Waals surface area contributed by atoms with Gasteiger partial charge in [0.2, 0.25) is 10.0 Å². The summed E-state index contributed by atoms with van der Waals surface area (Å²) in [7, 11) is -3.20. The Kier molecular flexibility index (Phi) is 5.00. The maximum absolute atomic E-state index is 12.2. The topological polar surface area (TPSA) is 93.5 Å². The third kappa shape index (κ3) is 3.75. The van der Waals surface area contributed by atoms with Crippen molar-refractivity contribution in [3.63, 3.8) is 0 Å². The predicted molar refractivity (Wildman–Crippen MR) is 82.8 cm³/mol. The van der Waals surface area contributed by atoms with Gasteiger partial charge in [-0.1, -0.05) is 6.07 Å². The molecule has 1 heterocycles. The zero-order valence-corrected chi connectivity index (χ0v) is 13.1. The fourth-order valence-electron chi connectivity index (χ4n) is 2.22. The molecule has 2 amide bonds. The lowest BCUT2D eigenvalue weighted by Crippen LogP contribution is -2.51. The summed E-state index contributed by atoms with van der Waals surface area (Å²) in [5, 5.41) is 11.6. The summed E-state index contributed by atoms with van der Waals surface area (Å²) >= 11 is 0. The fraction of sp³-hybridized carbons (Fsp3) is 0.429. The highest BCUT2D eigenvalue weighted by atomic mass is 32.2. The van der Waals surface area contributed by atoms with Crippen molar-refractivity contribution in [1.82, 2.24) is 9.21 Å². The van der Waals surface area contributed by atoms with Gasteiger partial charge in [0, 0.05) is 31.9 Å². The van der Waals surface area contributed by atoms with Gasteiger partial charge < -0.3 is 10.2 Å². The Labute approximate surface area is 130 Å². The first kappa shape index (κ1) is 16.3. The first-order valence-electron chi connectivity index (χ1n) is 7.00. The molecule has 0 saturated carbocycles. The van der Waals surface area contributed by atoms with Gasteiger partial charge in [-0.25, -0.2) is 13.2 Å². The molecule has 0 bridgehead atoms. The number of hydrogen-bond donors (Lipinski definition) is 1. The van der Waals surface area contributed by atoms with Crippen LogP contribution in [-0.4, -0.2) is 55.6 Å². The summed E-state index contributed by atoms with van der Waals surface area (Å²) in [6, 6.07) is 8.37. The molecule has 1 aromatic carbocycles. The molecule has 8 heteroatoms. The van der Waals surface area contributed by atoms with Crippen molar-refractivity contribution in [2.24, 2.45) is 0 Å². The second kappa shape index (κ2) is 6.77. The van der Waals surface area contributed by atoms with E-state index in [2.05, 4.69) is 5.32 Å². The minimum atomic E-state index is -3.20. The highest BCUT2D eigenvalue weighted by molar-refractivity contribution is 7.89. The van der Waals surface area contributed by atoms with Crippen LogP contribution in [0.4, 0.5) is 10.5 Å². The van der Waals surface area contributed by atoms with Crippen molar-refractivity contribution < 1.29 is 13.2 Å². The molecule has 118 valence electrons. The zero-order chi connectivity index (χ0) is 16.2. The van der Waals surface area contributed by atoms with Crippen LogP contribution in [-0.2, 0) is 10.0 Å². The largest absolute Gasteiger partial charge is 0.322 e. The van der Waals surface area contributed by atoms with E-state index in [9.17, 15) is 13.2 Å². The number of carbonyl (C=O) groups excluding carboxylic acids is 1. The second-order valence-corrected chi connectivity index (χ2v) is 7.17. The highest BCUT2D eigenvalue weighted by Crippen LogP contribution is 2.13. The normalized spacial score (nSPS) is 16.1. The van der Waals surface area contributed by atoms with Crippen LogP contribution in [0.3, 0.4) is 0 Å². The van der Waals surface area contributed by atoms with E-state index < -0.39 is 10.0 Å². The van der Waals surface area contributed by atoms with Crippen LogP contribution in [0.5, 0.6) is 0 Å². The van der Waals surface area contributed by atoms with Crippen molar-refractivity contribution in [2.45, 2.75) is 6.92 Å². The quantitative estimate of drug-likeness (QED) is 0.900. The highest BCUT2D eigenvalue weighted by Gasteiger charge is 2.27. The number of urea groups is 1. The van der Waals surface area contributed by atoms with Crippen LogP contribution >= 0.6 is 0 Å². The van der Waals surface area contributed by atoms with Crippen LogP contribution in [0.1, 0.15) is 12.5 Å². The molecule has 0 atom stereocenters. The maximum atomic E-state index is 12.2. The number of nitrogens with one attached hydrogen (secondary N) is 1. The van der Waals surface area contributed by atoms with E-state index in [0.717, 1.165) is 0 Å². The van der Waals surface area contributed by atoms with Crippen LogP contribution < -0.4 is 5.32 Å². The van der Waals surface area contributed by atoms with Gasteiger partial charge in [-0.3, -0.25) is 0 Å². The summed E-state index contributed by atoms with van der Waals surface area (Å²) < 4.78 is 24.9. The van der Waals surface area contributed by atoms with Crippen molar-refractivity contribution in [3.05, 3.63) is 29.8 Å². The summed E-state index contributed by atoms with van der Waals surface area (Å²) in [5.74, 6) is 0.0696. The third-order valence-electron chi connectivity index (χ3n) is 3.53. The molecule has 1 aliphatic heterocycles. The average Bonchev–Trinajstić information content (AvgIpc) is 2.55. The number of rotatable bonds is 3. The average molecular weight is 322 g/mol. The Morgan fingerprint density at radius 2 is 2.00 bits per heavy atom. The minimum Gasteiger partial charge on any atom is -0.322 e. The predicted octanol–water partition coefficient (Wildman–Crippen LogP) is 1.06. The first-order valence-corrected chi connectivity index (χ1v) is 8.61. The van der Waals surface area contributed by atoms with Crippen LogP contribution in [0.25, 0.3) is 0 Å². The number of amides is 2. The van der Waals surface area contributed by atoms with Crippen molar-refractivity contribution >= 4 is 21.7 Å². The van der Waals surface area contributed by atoms with Gasteiger partial charge in [-0.05, 0) is 25.1 Å². The van der Waals surface area contributed by atoms with Crippen LogP contribution in [0.15, 0.2) is 24.3 Å². The van der Waals surface area contributed by atoms with E-state index in [-0.39, 0.29) is 11.8 Å². The van der Waals surface area contributed by atoms with Crippen molar-refractivity contribution in [1.29, 1.82) is 5.26 Å². The van der Waals surface area contributed by atoms with E-state index in [4.69, 9.17) is 5.26 Å². The Hall–Kier alpha value is -2.11. The van der Waals surface area contributed by atoms with Gasteiger partial charge in [0.1, 0.15) is 0 Å². The molecular formula is C14H18N4O3S. The van der Waals surface area contributed by atoms with Crippen molar-refractivity contribution in [3.8, 4) is 6.07 Å². The number of nitrogens with zero attached hydrogens (tertiary/aromatic N) is 3. The Morgan fingerprint density at radius 1 is 1.32 bits per heavy atom. The summed E-state index contributed by atoms with van der Waals surface area (Å²) in [6.45, 7) is 2.92. The van der Waals surface area contributed by atoms with E-state index in [0.29, 0.717) is 37.4 Å². The first-order chi connectivity index (χ1) is 10.5. The number of hydrogen-bond acceptors (Lipinski definition) is 4. The molecule has 7 nitrogen and oxygen atoms in total. The molecule has 2 rings (SSSR count). The molecule has 22 heavy (non-hydrogen) atoms. The summed E-state index contributed by atoms with van der Waals surface area (Å²) in [6.07, 6.45) is 0. The van der Waals surface area contributed by atoms with Crippen molar-refractivity contribution in [2.75, 3.05) is 37.2 Å². The molecule has 0 aromatic heterocycles. The number of benzene rings is 1. The number of nitriles is 1. The number of sulfonamides is 1. The Bertz CT molecular complexity index is 688. The molecule has 1 saturated heterocycles. The van der Waals surface area contributed by atoms with Gasteiger partial charge in [0.05, 0.1) is 17.4 Å². The monoisotopic (exact) mass is 322 g/mol. The van der Waals surface area contributed by atoms with E-state index in [1.54, 1.807) is 36.1 Å². The van der Waals surface area contributed by atoms with Gasteiger partial charge in [-0.2, -0.15) is 9.57 Å².